The third kappa shape index (κ3) is 4.24. The van der Waals surface area contributed by atoms with Crippen LogP contribution in [0.1, 0.15) is 65.7 Å². The lowest BCUT2D eigenvalue weighted by Crippen LogP contribution is -2.44. The van der Waals surface area contributed by atoms with E-state index < -0.39 is 0 Å². The summed E-state index contributed by atoms with van der Waals surface area (Å²) in [5.41, 5.74) is 3.74. The second-order valence-corrected chi connectivity index (χ2v) is 9.15. The Kier molecular flexibility index (Phi) is 5.52. The average Bonchev–Trinajstić information content (AvgIpc) is 3.54. The molecule has 2 aromatic rings. The average molecular weight is 422 g/mol. The first-order valence-electron chi connectivity index (χ1n) is 11.5. The number of hydrogen-bond acceptors (Lipinski definition) is 5. The topological polar surface area (TPSA) is 81.3 Å². The van der Waals surface area contributed by atoms with E-state index in [2.05, 4.69) is 37.2 Å². The van der Waals surface area contributed by atoms with Crippen molar-refractivity contribution in [3.8, 4) is 0 Å². The number of piperidine rings is 1. The summed E-state index contributed by atoms with van der Waals surface area (Å²) in [6.45, 7) is 4.13. The molecular formula is C24H31N5O2. The summed E-state index contributed by atoms with van der Waals surface area (Å²) in [4.78, 5) is 36.5. The normalized spacial score (nSPS) is 22.6. The summed E-state index contributed by atoms with van der Waals surface area (Å²) in [5.74, 6) is 0.774. The van der Waals surface area contributed by atoms with Crippen LogP contribution in [0.5, 0.6) is 0 Å². The van der Waals surface area contributed by atoms with E-state index >= 15 is 0 Å². The number of likely N-dealkylation sites (tertiary alicyclic amines) is 1. The Morgan fingerprint density at radius 2 is 1.84 bits per heavy atom. The van der Waals surface area contributed by atoms with Crippen LogP contribution in [-0.4, -0.2) is 60.0 Å². The summed E-state index contributed by atoms with van der Waals surface area (Å²) in [6.07, 6.45) is 7.49. The van der Waals surface area contributed by atoms with Crippen molar-refractivity contribution in [1.29, 1.82) is 0 Å². The van der Waals surface area contributed by atoms with E-state index in [0.29, 0.717) is 23.6 Å². The maximum atomic E-state index is 12.4. The number of rotatable bonds is 5. The van der Waals surface area contributed by atoms with Gasteiger partial charge in [-0.3, -0.25) is 14.5 Å². The van der Waals surface area contributed by atoms with Gasteiger partial charge >= 0.3 is 0 Å². The number of carbonyl (C=O) groups is 1. The highest BCUT2D eigenvalue weighted by Gasteiger charge is 2.32. The van der Waals surface area contributed by atoms with Crippen LogP contribution in [0.25, 0.3) is 0 Å². The van der Waals surface area contributed by atoms with Gasteiger partial charge in [-0.25, -0.2) is 4.98 Å². The first-order chi connectivity index (χ1) is 15.1. The van der Waals surface area contributed by atoms with Crippen molar-refractivity contribution in [2.24, 2.45) is 0 Å². The minimum atomic E-state index is -0.155. The third-order valence-electron chi connectivity index (χ3n) is 7.19. The fourth-order valence-electron chi connectivity index (χ4n) is 5.15. The first-order valence-corrected chi connectivity index (χ1v) is 11.5. The molecule has 1 aliphatic carbocycles. The number of pyridine rings is 2. The number of aromatic nitrogens is 2. The molecule has 2 N–H and O–H groups in total. The van der Waals surface area contributed by atoms with Gasteiger partial charge in [-0.2, -0.15) is 0 Å². The number of carbonyl (C=O) groups excluding carboxylic acids is 1. The van der Waals surface area contributed by atoms with Gasteiger partial charge in [-0.15, -0.1) is 0 Å². The number of nitrogens with zero attached hydrogens (tertiary/aromatic N) is 3. The molecule has 164 valence electrons. The van der Waals surface area contributed by atoms with E-state index in [1.165, 1.54) is 0 Å². The molecule has 2 aromatic heterocycles. The largest absolute Gasteiger partial charge is 0.370 e. The Hall–Kier alpha value is -2.67. The van der Waals surface area contributed by atoms with Gasteiger partial charge in [0.2, 0.25) is 0 Å². The highest BCUT2D eigenvalue weighted by atomic mass is 16.1. The summed E-state index contributed by atoms with van der Waals surface area (Å²) < 4.78 is 0. The molecule has 1 atom stereocenters. The van der Waals surface area contributed by atoms with Crippen LogP contribution in [0.3, 0.4) is 0 Å². The van der Waals surface area contributed by atoms with Crippen LogP contribution < -0.4 is 15.8 Å². The lowest BCUT2D eigenvalue weighted by molar-refractivity contribution is 0.0958. The van der Waals surface area contributed by atoms with E-state index in [1.54, 1.807) is 19.3 Å². The molecule has 0 spiro atoms. The van der Waals surface area contributed by atoms with Crippen LogP contribution >= 0.6 is 0 Å². The molecule has 1 unspecified atom stereocenters. The van der Waals surface area contributed by atoms with Crippen LogP contribution in [0.4, 0.5) is 5.69 Å². The zero-order chi connectivity index (χ0) is 21.4. The summed E-state index contributed by atoms with van der Waals surface area (Å²) >= 11 is 0. The maximum Gasteiger partial charge on any atom is 0.269 e. The molecule has 31 heavy (non-hydrogen) atoms. The molecular weight excluding hydrogens is 390 g/mol. The smallest absolute Gasteiger partial charge is 0.269 e. The number of H-pyrrole nitrogens is 1. The van der Waals surface area contributed by atoms with Crippen molar-refractivity contribution in [2.45, 2.75) is 50.0 Å². The van der Waals surface area contributed by atoms with E-state index in [9.17, 15) is 9.59 Å². The van der Waals surface area contributed by atoms with Gasteiger partial charge < -0.3 is 15.2 Å². The minimum Gasteiger partial charge on any atom is -0.370 e. The van der Waals surface area contributed by atoms with E-state index in [1.807, 2.05) is 6.07 Å². The van der Waals surface area contributed by atoms with Crippen molar-refractivity contribution in [1.82, 2.24) is 20.2 Å². The van der Waals surface area contributed by atoms with Gasteiger partial charge in [0.1, 0.15) is 5.69 Å². The standard InChI is InChI=1S/C24H31N5O2/c1-25-24(31)22-6-4-19(14-26-22)28-12-9-18(10-13-28)29-11-8-17(15-29)21-7-5-20(16-2-3-16)23(30)27-21/h4-7,14,16-18H,2-3,8-13,15H2,1H3,(H,25,31)(H,27,30). The van der Waals surface area contributed by atoms with Gasteiger partial charge in [-0.1, -0.05) is 6.07 Å². The minimum absolute atomic E-state index is 0.128. The monoisotopic (exact) mass is 421 g/mol. The number of nitrogens with one attached hydrogen (secondary N) is 2. The molecule has 1 amide bonds. The molecule has 1 saturated carbocycles. The van der Waals surface area contributed by atoms with Crippen LogP contribution in [-0.2, 0) is 0 Å². The molecule has 4 heterocycles. The molecule has 7 nitrogen and oxygen atoms in total. The Labute approximate surface area is 182 Å². The van der Waals surface area contributed by atoms with Crippen LogP contribution in [0.2, 0.25) is 0 Å². The SMILES string of the molecule is CNC(=O)c1ccc(N2CCC(N3CCC(c4ccc(C5CC5)c(=O)[nH]4)C3)CC2)cn1. The zero-order valence-electron chi connectivity index (χ0n) is 18.1. The first kappa shape index (κ1) is 20.2. The molecule has 5 rings (SSSR count). The summed E-state index contributed by atoms with van der Waals surface area (Å²) in [7, 11) is 1.62. The van der Waals surface area contributed by atoms with E-state index in [0.717, 1.165) is 75.2 Å². The van der Waals surface area contributed by atoms with Crippen molar-refractivity contribution in [2.75, 3.05) is 38.1 Å². The summed E-state index contributed by atoms with van der Waals surface area (Å²) in [5, 5.41) is 2.61. The van der Waals surface area contributed by atoms with Gasteiger partial charge in [-0.05, 0) is 62.8 Å². The number of amides is 1. The zero-order valence-corrected chi connectivity index (χ0v) is 18.1. The number of hydrogen-bond donors (Lipinski definition) is 2. The number of anilines is 1. The third-order valence-corrected chi connectivity index (χ3v) is 7.19. The Bertz CT molecular complexity index is 990. The molecule has 2 aliphatic heterocycles. The quantitative estimate of drug-likeness (QED) is 0.775. The van der Waals surface area contributed by atoms with Gasteiger partial charge in [0.25, 0.3) is 11.5 Å². The second-order valence-electron chi connectivity index (χ2n) is 9.15. The lowest BCUT2D eigenvalue weighted by atomic mass is 10.0. The second kappa shape index (κ2) is 8.46. The Balaban J connectivity index is 1.16. The lowest BCUT2D eigenvalue weighted by Gasteiger charge is -2.37. The molecule has 7 heteroatoms. The van der Waals surface area contributed by atoms with Crippen LogP contribution in [0.15, 0.2) is 35.3 Å². The van der Waals surface area contributed by atoms with E-state index in [-0.39, 0.29) is 11.5 Å². The summed E-state index contributed by atoms with van der Waals surface area (Å²) in [6, 6.07) is 8.60. The molecule has 0 aromatic carbocycles. The maximum absolute atomic E-state index is 12.4. The Morgan fingerprint density at radius 1 is 1.03 bits per heavy atom. The number of aromatic amines is 1. The van der Waals surface area contributed by atoms with Gasteiger partial charge in [0.05, 0.1) is 11.9 Å². The molecule has 0 radical (unpaired) electrons. The molecule has 3 aliphatic rings. The van der Waals surface area contributed by atoms with E-state index in [4.69, 9.17) is 0 Å². The fourth-order valence-corrected chi connectivity index (χ4v) is 5.15. The van der Waals surface area contributed by atoms with Crippen molar-refractivity contribution < 1.29 is 4.79 Å². The van der Waals surface area contributed by atoms with Crippen molar-refractivity contribution >= 4 is 11.6 Å². The predicted molar refractivity (Wildman–Crippen MR) is 121 cm³/mol. The van der Waals surface area contributed by atoms with Crippen molar-refractivity contribution in [3.63, 3.8) is 0 Å². The van der Waals surface area contributed by atoms with Crippen molar-refractivity contribution in [3.05, 3.63) is 57.8 Å². The van der Waals surface area contributed by atoms with Crippen LogP contribution in [0, 0.1) is 0 Å². The van der Waals surface area contributed by atoms with Gasteiger partial charge in [0, 0.05) is 49.9 Å². The fraction of sp³-hybridized carbons (Fsp3) is 0.542. The predicted octanol–water partition coefficient (Wildman–Crippen LogP) is 2.47. The molecule has 3 fully saturated rings. The highest BCUT2D eigenvalue weighted by molar-refractivity contribution is 5.92. The highest BCUT2D eigenvalue weighted by Crippen LogP contribution is 2.38. The Morgan fingerprint density at radius 3 is 2.48 bits per heavy atom. The molecule has 2 saturated heterocycles. The molecule has 0 bridgehead atoms. The van der Waals surface area contributed by atoms with Gasteiger partial charge in [0.15, 0.2) is 0 Å².